The van der Waals surface area contributed by atoms with Crippen LogP contribution in [-0.2, 0) is 12.4 Å². The summed E-state index contributed by atoms with van der Waals surface area (Å²) < 4.78 is 90.9. The van der Waals surface area contributed by atoms with Crippen LogP contribution in [0.3, 0.4) is 0 Å². The molecule has 0 atom stereocenters. The number of benzene rings is 10. The van der Waals surface area contributed by atoms with Gasteiger partial charge in [0.25, 0.3) is 0 Å². The highest BCUT2D eigenvalue weighted by Gasteiger charge is 2.34. The van der Waals surface area contributed by atoms with E-state index in [-0.39, 0.29) is 5.56 Å². The van der Waals surface area contributed by atoms with Crippen LogP contribution in [0.1, 0.15) is 22.3 Å². The fourth-order valence-electron chi connectivity index (χ4n) is 11.0. The molecule has 0 saturated heterocycles. The molecule has 5 nitrogen and oxygen atoms in total. The first-order valence-corrected chi connectivity index (χ1v) is 25.3. The maximum Gasteiger partial charge on any atom is 0.417 e. The summed E-state index contributed by atoms with van der Waals surface area (Å²) in [5, 5.41) is 3.45. The second kappa shape index (κ2) is 18.6. The van der Waals surface area contributed by atoms with Gasteiger partial charge in [0.2, 0.25) is 0 Å². The average molecular weight is 1030 g/mol. The van der Waals surface area contributed by atoms with Gasteiger partial charge in [-0.15, -0.1) is 0 Å². The maximum atomic E-state index is 14.9. The van der Waals surface area contributed by atoms with Crippen molar-refractivity contribution in [3.8, 4) is 78.9 Å². The second-order valence-electron chi connectivity index (χ2n) is 19.5. The van der Waals surface area contributed by atoms with E-state index >= 15 is 0 Å². The van der Waals surface area contributed by atoms with E-state index in [1.165, 1.54) is 12.1 Å². The van der Waals surface area contributed by atoms with Crippen LogP contribution in [0.2, 0.25) is 0 Å². The van der Waals surface area contributed by atoms with Crippen molar-refractivity contribution in [1.82, 2.24) is 24.1 Å². The quantitative estimate of drug-likeness (QED) is 0.143. The molecule has 0 bridgehead atoms. The van der Waals surface area contributed by atoms with Crippen LogP contribution in [0.25, 0.3) is 123 Å². The van der Waals surface area contributed by atoms with Crippen molar-refractivity contribution in [3.63, 3.8) is 0 Å². The second-order valence-corrected chi connectivity index (χ2v) is 19.5. The highest BCUT2D eigenvalue weighted by atomic mass is 19.4. The van der Waals surface area contributed by atoms with Gasteiger partial charge in [0.05, 0.1) is 38.9 Å². The van der Waals surface area contributed by atoms with Crippen LogP contribution >= 0.6 is 0 Å². The van der Waals surface area contributed by atoms with Crippen molar-refractivity contribution in [2.45, 2.75) is 26.2 Å². The number of halogens is 6. The molecule has 13 aromatic rings. The minimum absolute atomic E-state index is 0.0184. The molecule has 0 aliphatic carbocycles. The molecular formula is C67H43F6N5. The molecule has 0 saturated carbocycles. The van der Waals surface area contributed by atoms with E-state index < -0.39 is 23.5 Å². The summed E-state index contributed by atoms with van der Waals surface area (Å²) in [6.07, 6.45) is -9.18. The molecule has 0 unspecified atom stereocenters. The Balaban J connectivity index is 1.12. The van der Waals surface area contributed by atoms with Gasteiger partial charge >= 0.3 is 12.4 Å². The van der Waals surface area contributed by atoms with Crippen molar-refractivity contribution in [1.29, 1.82) is 0 Å². The number of nitrogens with zero attached hydrogens (tertiary/aromatic N) is 5. The molecule has 78 heavy (non-hydrogen) atoms. The predicted octanol–water partition coefficient (Wildman–Crippen LogP) is 18.7. The number of rotatable bonds is 8. The third-order valence-electron chi connectivity index (χ3n) is 14.6. The van der Waals surface area contributed by atoms with Crippen molar-refractivity contribution in [2.75, 3.05) is 0 Å². The number of aryl methyl sites for hydroxylation is 2. The topological polar surface area (TPSA) is 48.5 Å². The van der Waals surface area contributed by atoms with E-state index in [1.54, 1.807) is 32.0 Å². The van der Waals surface area contributed by atoms with Gasteiger partial charge in [0.15, 0.2) is 17.5 Å². The van der Waals surface area contributed by atoms with E-state index in [2.05, 4.69) is 63.7 Å². The lowest BCUT2D eigenvalue weighted by Gasteiger charge is -2.18. The standard InChI is InChI=1S/C67H43F6N5/c1-40-25-30-50(57(35-40)67(71,72)73)45-27-33-60-55(38-45)54-37-44(49-31-29-47(36-41(49)2)66(68,69)70)26-32-59(54)78(60)61-34-28-46(51-22-14-23-53-52-21-12-13-24-58(52)77(62(51)53)48-19-10-5-11-20-48)39-56(61)65-75-63(42-15-6-3-7-16-42)74-64(76-65)43-17-8-4-9-18-43/h3-39H,1-2H3. The highest BCUT2D eigenvalue weighted by Crippen LogP contribution is 2.45. The lowest BCUT2D eigenvalue weighted by atomic mass is 9.95. The Labute approximate surface area is 444 Å². The number of hydrogen-bond acceptors (Lipinski definition) is 3. The predicted molar refractivity (Wildman–Crippen MR) is 301 cm³/mol. The van der Waals surface area contributed by atoms with Gasteiger partial charge in [-0.2, -0.15) is 26.3 Å². The number of hydrogen-bond donors (Lipinski definition) is 0. The van der Waals surface area contributed by atoms with Crippen molar-refractivity contribution in [3.05, 3.63) is 247 Å². The zero-order valence-corrected chi connectivity index (χ0v) is 41.9. The molecular weight excluding hydrogens is 989 g/mol. The van der Waals surface area contributed by atoms with E-state index in [1.807, 2.05) is 121 Å². The molecule has 13 rings (SSSR count). The van der Waals surface area contributed by atoms with Gasteiger partial charge in [-0.1, -0.05) is 157 Å². The Morgan fingerprint density at radius 3 is 1.51 bits per heavy atom. The van der Waals surface area contributed by atoms with E-state index in [9.17, 15) is 26.3 Å². The zero-order chi connectivity index (χ0) is 53.5. The molecule has 0 N–H and O–H groups in total. The lowest BCUT2D eigenvalue weighted by Crippen LogP contribution is -2.07. The van der Waals surface area contributed by atoms with Crippen molar-refractivity contribution in [2.24, 2.45) is 0 Å². The van der Waals surface area contributed by atoms with Gasteiger partial charge in [0, 0.05) is 49.5 Å². The summed E-state index contributed by atoms with van der Waals surface area (Å²) in [5.41, 5.74) is 10.0. The Morgan fingerprint density at radius 1 is 0.346 bits per heavy atom. The summed E-state index contributed by atoms with van der Waals surface area (Å²) in [5.74, 6) is 1.27. The monoisotopic (exact) mass is 1030 g/mol. The van der Waals surface area contributed by atoms with Crippen LogP contribution < -0.4 is 0 Å². The van der Waals surface area contributed by atoms with Gasteiger partial charge in [0.1, 0.15) is 0 Å². The minimum Gasteiger partial charge on any atom is -0.309 e. The summed E-state index contributed by atoms with van der Waals surface area (Å²) in [6.45, 7) is 3.27. The minimum atomic E-state index is -4.64. The molecule has 0 amide bonds. The van der Waals surface area contributed by atoms with Gasteiger partial charge in [-0.05, 0) is 120 Å². The van der Waals surface area contributed by atoms with Crippen LogP contribution in [0.4, 0.5) is 26.3 Å². The summed E-state index contributed by atoms with van der Waals surface area (Å²) in [6, 6.07) is 69.5. The molecule has 378 valence electrons. The fraction of sp³-hybridized carbons (Fsp3) is 0.0597. The van der Waals surface area contributed by atoms with Crippen LogP contribution in [0.15, 0.2) is 224 Å². The largest absolute Gasteiger partial charge is 0.417 e. The fourth-order valence-corrected chi connectivity index (χ4v) is 11.0. The summed E-state index contributed by atoms with van der Waals surface area (Å²) in [7, 11) is 0. The number of para-hydroxylation sites is 3. The summed E-state index contributed by atoms with van der Waals surface area (Å²) in [4.78, 5) is 15.6. The number of alkyl halides is 6. The smallest absolute Gasteiger partial charge is 0.309 e. The normalized spacial score (nSPS) is 12.1. The molecule has 0 radical (unpaired) electrons. The molecule has 0 aliphatic rings. The lowest BCUT2D eigenvalue weighted by molar-refractivity contribution is -0.138. The van der Waals surface area contributed by atoms with E-state index in [4.69, 9.17) is 15.0 Å². The van der Waals surface area contributed by atoms with Crippen molar-refractivity contribution >= 4 is 43.6 Å². The summed E-state index contributed by atoms with van der Waals surface area (Å²) >= 11 is 0. The maximum absolute atomic E-state index is 14.9. The molecule has 11 heteroatoms. The Hall–Kier alpha value is -9.61. The highest BCUT2D eigenvalue weighted by molar-refractivity contribution is 6.15. The first-order chi connectivity index (χ1) is 37.8. The zero-order valence-electron chi connectivity index (χ0n) is 41.9. The number of fused-ring (bicyclic) bond motifs is 6. The SMILES string of the molecule is Cc1ccc(-c2ccc3c(c2)c2cc(-c4ccc(C(F)(F)F)cc4C)ccc2n3-c2ccc(-c3cccc4c5ccccc5n(-c5ccccc5)c34)cc2-c2nc(-c3ccccc3)nc(-c3ccccc3)n2)c(C(F)(F)F)c1. The van der Waals surface area contributed by atoms with Crippen LogP contribution in [0, 0.1) is 13.8 Å². The Bertz CT molecular complexity index is 4430. The first kappa shape index (κ1) is 48.1. The van der Waals surface area contributed by atoms with E-state index in [0.29, 0.717) is 78.3 Å². The van der Waals surface area contributed by atoms with E-state index in [0.717, 1.165) is 67.9 Å². The van der Waals surface area contributed by atoms with Crippen molar-refractivity contribution < 1.29 is 26.3 Å². The average Bonchev–Trinajstić information content (AvgIpc) is 4.22. The molecule has 0 aliphatic heterocycles. The molecule has 10 aromatic carbocycles. The molecule has 3 heterocycles. The third-order valence-corrected chi connectivity index (χ3v) is 14.6. The molecule has 0 spiro atoms. The number of aromatic nitrogens is 5. The molecule has 0 fully saturated rings. The Kier molecular flexibility index (Phi) is 11.5. The van der Waals surface area contributed by atoms with Gasteiger partial charge in [-0.25, -0.2) is 15.0 Å². The first-order valence-electron chi connectivity index (χ1n) is 25.3. The third kappa shape index (κ3) is 8.35. The Morgan fingerprint density at radius 2 is 0.885 bits per heavy atom. The van der Waals surface area contributed by atoms with Gasteiger partial charge < -0.3 is 9.13 Å². The molecule has 3 aromatic heterocycles. The van der Waals surface area contributed by atoms with Crippen LogP contribution in [0.5, 0.6) is 0 Å². The van der Waals surface area contributed by atoms with Gasteiger partial charge in [-0.3, -0.25) is 0 Å². The van der Waals surface area contributed by atoms with Crippen LogP contribution in [-0.4, -0.2) is 24.1 Å².